The Kier molecular flexibility index (Phi) is 6.43. The molecule has 7 heteroatoms. The number of aliphatic hydroxyl groups excluding tert-OH is 3. The standard InChI is InChI=1S/C24H26FNO4S/c25-16-8-6-15(7-9-16)20(28)12-13-22-23(19-11-10-18(27)14-21(19)29)26(24(31)30-22)17-4-2-1-3-5-17/h1-4,6-10,14,17,19-20,22-23,27-29H,5,11-13H2/t17?,19?,20-,22+,23+/m0/s1. The van der Waals surface area contributed by atoms with E-state index in [4.69, 9.17) is 17.0 Å². The molecule has 1 fully saturated rings. The monoisotopic (exact) mass is 443 g/mol. The van der Waals surface area contributed by atoms with Crippen LogP contribution < -0.4 is 0 Å². The maximum Gasteiger partial charge on any atom is 0.260 e. The third-order valence-corrected chi connectivity index (χ3v) is 6.44. The van der Waals surface area contributed by atoms with Gasteiger partial charge in [-0.25, -0.2) is 4.39 Å². The minimum atomic E-state index is -0.760. The van der Waals surface area contributed by atoms with Gasteiger partial charge in [0, 0.05) is 12.0 Å². The van der Waals surface area contributed by atoms with E-state index in [1.165, 1.54) is 18.2 Å². The first kappa shape index (κ1) is 21.6. The normalized spacial score (nSPS) is 28.8. The first-order chi connectivity index (χ1) is 14.9. The van der Waals surface area contributed by atoms with Crippen LogP contribution in [0.1, 0.15) is 37.4 Å². The summed E-state index contributed by atoms with van der Waals surface area (Å²) in [5.41, 5.74) is 0.643. The lowest BCUT2D eigenvalue weighted by Crippen LogP contribution is -2.48. The first-order valence-corrected chi connectivity index (χ1v) is 10.9. The zero-order valence-corrected chi connectivity index (χ0v) is 17.8. The Bertz CT molecular complexity index is 939. The molecule has 1 saturated heterocycles. The van der Waals surface area contributed by atoms with Crippen molar-refractivity contribution >= 4 is 17.4 Å². The van der Waals surface area contributed by atoms with Crippen molar-refractivity contribution < 1.29 is 24.4 Å². The van der Waals surface area contributed by atoms with Crippen LogP contribution in [0.2, 0.25) is 0 Å². The van der Waals surface area contributed by atoms with Gasteiger partial charge < -0.3 is 25.0 Å². The average Bonchev–Trinajstić information content (AvgIpc) is 3.09. The van der Waals surface area contributed by atoms with Crippen LogP contribution in [0.15, 0.2) is 72.2 Å². The SMILES string of the molecule is OC1=CCC([C@@H]2[C@@H](CC[C@H](O)c3ccc(F)cc3)OC(=S)N2C2C=CC=CC2)C(O)=C1. The third-order valence-electron chi connectivity index (χ3n) is 6.13. The highest BCUT2D eigenvalue weighted by Crippen LogP contribution is 2.39. The summed E-state index contributed by atoms with van der Waals surface area (Å²) in [6, 6.07) is 5.59. The van der Waals surface area contributed by atoms with Gasteiger partial charge in [0.2, 0.25) is 0 Å². The smallest absolute Gasteiger partial charge is 0.260 e. The summed E-state index contributed by atoms with van der Waals surface area (Å²) in [5, 5.41) is 31.4. The second-order valence-corrected chi connectivity index (χ2v) is 8.47. The van der Waals surface area contributed by atoms with Gasteiger partial charge in [-0.15, -0.1) is 0 Å². The number of ether oxygens (including phenoxy) is 1. The van der Waals surface area contributed by atoms with Gasteiger partial charge in [-0.2, -0.15) is 0 Å². The Balaban J connectivity index is 1.54. The topological polar surface area (TPSA) is 73.2 Å². The molecule has 31 heavy (non-hydrogen) atoms. The zero-order valence-electron chi connectivity index (χ0n) is 17.0. The van der Waals surface area contributed by atoms with E-state index in [1.54, 1.807) is 18.2 Å². The molecule has 0 amide bonds. The van der Waals surface area contributed by atoms with Crippen LogP contribution in [0.4, 0.5) is 4.39 Å². The number of allylic oxidation sites excluding steroid dienone is 4. The molecule has 0 saturated carbocycles. The van der Waals surface area contributed by atoms with E-state index in [0.717, 1.165) is 6.42 Å². The maximum atomic E-state index is 13.2. The number of hydrogen-bond donors (Lipinski definition) is 3. The van der Waals surface area contributed by atoms with Gasteiger partial charge in [0.15, 0.2) is 0 Å². The molecule has 0 bridgehead atoms. The second-order valence-electron chi connectivity index (χ2n) is 8.12. The lowest BCUT2D eigenvalue weighted by atomic mass is 9.84. The molecule has 4 rings (SSSR count). The lowest BCUT2D eigenvalue weighted by molar-refractivity contribution is 0.0943. The number of hydrogen-bond acceptors (Lipinski definition) is 5. The van der Waals surface area contributed by atoms with Crippen molar-refractivity contribution in [1.29, 1.82) is 0 Å². The van der Waals surface area contributed by atoms with Crippen LogP contribution in [0.25, 0.3) is 0 Å². The van der Waals surface area contributed by atoms with Crippen LogP contribution in [0.5, 0.6) is 0 Å². The minimum Gasteiger partial charge on any atom is -0.512 e. The highest BCUT2D eigenvalue weighted by molar-refractivity contribution is 7.80. The number of halogens is 1. The third kappa shape index (κ3) is 4.67. The van der Waals surface area contributed by atoms with Crippen molar-refractivity contribution in [3.8, 4) is 0 Å². The summed E-state index contributed by atoms with van der Waals surface area (Å²) >= 11 is 5.57. The fourth-order valence-electron chi connectivity index (χ4n) is 4.55. The zero-order chi connectivity index (χ0) is 22.0. The molecule has 2 aliphatic carbocycles. The van der Waals surface area contributed by atoms with E-state index in [2.05, 4.69) is 12.2 Å². The van der Waals surface area contributed by atoms with Gasteiger partial charge in [-0.05, 0) is 61.7 Å². The van der Waals surface area contributed by atoms with Gasteiger partial charge in [-0.1, -0.05) is 36.4 Å². The molecule has 1 heterocycles. The Labute approximate surface area is 186 Å². The summed E-state index contributed by atoms with van der Waals surface area (Å²) in [5.74, 6) is -0.488. The number of aliphatic hydroxyl groups is 3. The van der Waals surface area contributed by atoms with Crippen molar-refractivity contribution in [1.82, 2.24) is 4.90 Å². The van der Waals surface area contributed by atoms with Gasteiger partial charge >= 0.3 is 0 Å². The highest BCUT2D eigenvalue weighted by atomic mass is 32.1. The fourth-order valence-corrected chi connectivity index (χ4v) is 4.93. The Morgan fingerprint density at radius 3 is 2.61 bits per heavy atom. The lowest BCUT2D eigenvalue weighted by Gasteiger charge is -2.37. The van der Waals surface area contributed by atoms with Gasteiger partial charge in [0.05, 0.1) is 18.2 Å². The molecule has 2 unspecified atom stereocenters. The number of rotatable bonds is 6. The molecule has 0 aromatic heterocycles. The van der Waals surface area contributed by atoms with E-state index < -0.39 is 6.10 Å². The molecule has 164 valence electrons. The highest BCUT2D eigenvalue weighted by Gasteiger charge is 2.47. The molecule has 0 spiro atoms. The summed E-state index contributed by atoms with van der Waals surface area (Å²) in [6.07, 6.45) is 12.2. The molecule has 3 N–H and O–H groups in total. The van der Waals surface area contributed by atoms with Crippen LogP contribution in [0, 0.1) is 11.7 Å². The molecule has 5 atom stereocenters. The first-order valence-electron chi connectivity index (χ1n) is 10.5. The quantitative estimate of drug-likeness (QED) is 0.550. The minimum absolute atomic E-state index is 0.0156. The Morgan fingerprint density at radius 1 is 1.16 bits per heavy atom. The molecule has 1 aliphatic heterocycles. The Morgan fingerprint density at radius 2 is 1.94 bits per heavy atom. The van der Waals surface area contributed by atoms with Crippen LogP contribution in [0.3, 0.4) is 0 Å². The average molecular weight is 444 g/mol. The van der Waals surface area contributed by atoms with E-state index in [0.29, 0.717) is 30.0 Å². The van der Waals surface area contributed by atoms with Crippen LogP contribution >= 0.6 is 12.2 Å². The number of benzene rings is 1. The predicted octanol–water partition coefficient (Wildman–Crippen LogP) is 4.78. The van der Waals surface area contributed by atoms with Crippen molar-refractivity contribution in [2.75, 3.05) is 0 Å². The molecule has 0 radical (unpaired) electrons. The van der Waals surface area contributed by atoms with E-state index in [-0.39, 0.29) is 41.4 Å². The second kappa shape index (κ2) is 9.24. The van der Waals surface area contributed by atoms with Crippen molar-refractivity contribution in [2.24, 2.45) is 5.92 Å². The molecular formula is C24H26FNO4S. The van der Waals surface area contributed by atoms with Gasteiger partial charge in [0.25, 0.3) is 5.17 Å². The largest absolute Gasteiger partial charge is 0.512 e. The molecule has 3 aliphatic rings. The van der Waals surface area contributed by atoms with E-state index >= 15 is 0 Å². The van der Waals surface area contributed by atoms with E-state index in [1.807, 2.05) is 17.1 Å². The predicted molar refractivity (Wildman–Crippen MR) is 120 cm³/mol. The molecule has 1 aromatic rings. The molecule has 1 aromatic carbocycles. The van der Waals surface area contributed by atoms with E-state index in [9.17, 15) is 19.7 Å². The van der Waals surface area contributed by atoms with Crippen molar-refractivity contribution in [2.45, 2.75) is 50.0 Å². The summed E-state index contributed by atoms with van der Waals surface area (Å²) in [6.45, 7) is 0. The van der Waals surface area contributed by atoms with Crippen LogP contribution in [-0.4, -0.2) is 43.6 Å². The van der Waals surface area contributed by atoms with Crippen molar-refractivity contribution in [3.05, 3.63) is 83.6 Å². The summed E-state index contributed by atoms with van der Waals surface area (Å²) in [4.78, 5) is 2.04. The van der Waals surface area contributed by atoms with Gasteiger partial charge in [0.1, 0.15) is 23.4 Å². The Hall–Kier alpha value is -2.64. The van der Waals surface area contributed by atoms with Crippen molar-refractivity contribution in [3.63, 3.8) is 0 Å². The molecule has 5 nitrogen and oxygen atoms in total. The summed E-state index contributed by atoms with van der Waals surface area (Å²) in [7, 11) is 0. The van der Waals surface area contributed by atoms with Crippen LogP contribution in [-0.2, 0) is 4.74 Å². The van der Waals surface area contributed by atoms with Gasteiger partial charge in [-0.3, -0.25) is 0 Å². The molecular weight excluding hydrogens is 417 g/mol. The summed E-state index contributed by atoms with van der Waals surface area (Å²) < 4.78 is 19.3. The number of nitrogens with zero attached hydrogens (tertiary/aromatic N) is 1. The maximum absolute atomic E-state index is 13.2. The number of thiocarbonyl (C=S) groups is 1. The fraction of sp³-hybridized carbons (Fsp3) is 0.375.